The summed E-state index contributed by atoms with van der Waals surface area (Å²) >= 11 is 1.28. The van der Waals surface area contributed by atoms with Crippen molar-refractivity contribution in [3.8, 4) is 5.75 Å². The summed E-state index contributed by atoms with van der Waals surface area (Å²) in [5.74, 6) is 0.661. The van der Waals surface area contributed by atoms with Gasteiger partial charge in [-0.1, -0.05) is 17.8 Å². The van der Waals surface area contributed by atoms with Crippen molar-refractivity contribution in [2.24, 2.45) is 5.10 Å². The lowest BCUT2D eigenvalue weighted by Gasteiger charge is -2.40. The van der Waals surface area contributed by atoms with Crippen LogP contribution in [0.25, 0.3) is 5.57 Å². The van der Waals surface area contributed by atoms with Gasteiger partial charge in [-0.2, -0.15) is 5.10 Å². The molecule has 7 nitrogen and oxygen atoms in total. The first-order valence-corrected chi connectivity index (χ1v) is 11.0. The molecule has 164 valence electrons. The van der Waals surface area contributed by atoms with Crippen LogP contribution >= 0.6 is 11.8 Å². The fourth-order valence-corrected chi connectivity index (χ4v) is 4.31. The SMILES string of the molecule is COc1cc2c(cc1/C=N\NC(=O)CSc1nc(C)cc(C)n1)C(C)=CC(C)(C)N2C. The second-order valence-electron chi connectivity index (χ2n) is 8.17. The Bertz CT molecular complexity index is 1040. The maximum absolute atomic E-state index is 12.2. The number of benzene rings is 1. The number of methoxy groups -OCH3 is 1. The zero-order chi connectivity index (χ0) is 22.8. The van der Waals surface area contributed by atoms with E-state index in [0.717, 1.165) is 28.2 Å². The molecule has 1 aromatic carbocycles. The normalized spacial score (nSPS) is 14.9. The Morgan fingerprint density at radius 1 is 1.23 bits per heavy atom. The summed E-state index contributed by atoms with van der Waals surface area (Å²) in [6.07, 6.45) is 3.86. The lowest BCUT2D eigenvalue weighted by atomic mass is 9.88. The van der Waals surface area contributed by atoms with Crippen molar-refractivity contribution >= 4 is 35.1 Å². The minimum atomic E-state index is -0.224. The number of amides is 1. The number of allylic oxidation sites excluding steroid dienone is 1. The van der Waals surface area contributed by atoms with Gasteiger partial charge in [0.15, 0.2) is 5.16 Å². The maximum atomic E-state index is 12.2. The number of nitrogens with zero attached hydrogens (tertiary/aromatic N) is 4. The van der Waals surface area contributed by atoms with Crippen LogP contribution in [0.2, 0.25) is 0 Å². The third kappa shape index (κ3) is 5.25. The van der Waals surface area contributed by atoms with Crippen LogP contribution < -0.4 is 15.1 Å². The molecule has 3 rings (SSSR count). The summed E-state index contributed by atoms with van der Waals surface area (Å²) in [6.45, 7) is 10.3. The molecular weight excluding hydrogens is 410 g/mol. The van der Waals surface area contributed by atoms with Gasteiger partial charge in [0.25, 0.3) is 5.91 Å². The molecule has 2 aromatic rings. The number of nitrogens with one attached hydrogen (secondary N) is 1. The molecule has 0 fully saturated rings. The van der Waals surface area contributed by atoms with Crippen LogP contribution in [-0.2, 0) is 4.79 Å². The largest absolute Gasteiger partial charge is 0.496 e. The molecule has 1 amide bonds. The minimum Gasteiger partial charge on any atom is -0.496 e. The number of fused-ring (bicyclic) bond motifs is 1. The average molecular weight is 440 g/mol. The number of rotatable bonds is 6. The van der Waals surface area contributed by atoms with Gasteiger partial charge in [-0.25, -0.2) is 15.4 Å². The van der Waals surface area contributed by atoms with E-state index in [4.69, 9.17) is 4.74 Å². The quantitative estimate of drug-likeness (QED) is 0.317. The second-order valence-corrected chi connectivity index (χ2v) is 9.11. The topological polar surface area (TPSA) is 79.7 Å². The van der Waals surface area contributed by atoms with Crippen molar-refractivity contribution < 1.29 is 9.53 Å². The Kier molecular flexibility index (Phi) is 6.69. The lowest BCUT2D eigenvalue weighted by molar-refractivity contribution is -0.118. The Morgan fingerprint density at radius 2 is 1.90 bits per heavy atom. The second kappa shape index (κ2) is 9.09. The zero-order valence-corrected chi connectivity index (χ0v) is 19.9. The molecule has 1 aliphatic heterocycles. The standard InChI is InChI=1S/C23H29N5O2S/c1-14-11-23(4,5)28(6)19-10-20(30-7)17(9-18(14)19)12-24-27-21(29)13-31-22-25-15(2)8-16(3)26-22/h8-12H,13H2,1-7H3,(H,27,29)/b24-12-. The summed E-state index contributed by atoms with van der Waals surface area (Å²) in [5, 5.41) is 4.71. The van der Waals surface area contributed by atoms with Gasteiger partial charge in [0, 0.05) is 41.3 Å². The van der Waals surface area contributed by atoms with Gasteiger partial charge >= 0.3 is 0 Å². The Balaban J connectivity index is 1.71. The summed E-state index contributed by atoms with van der Waals surface area (Å²) in [5.41, 5.74) is 8.47. The Morgan fingerprint density at radius 3 is 2.55 bits per heavy atom. The molecule has 1 aromatic heterocycles. The van der Waals surface area contributed by atoms with Crippen molar-refractivity contribution in [3.63, 3.8) is 0 Å². The molecule has 0 bridgehead atoms. The number of carbonyl (C=O) groups excluding carboxylic acids is 1. The Hall–Kier alpha value is -2.87. The van der Waals surface area contributed by atoms with Gasteiger partial charge in [0.2, 0.25) is 0 Å². The molecule has 0 saturated heterocycles. The van der Waals surface area contributed by atoms with E-state index in [1.54, 1.807) is 13.3 Å². The predicted octanol–water partition coefficient (Wildman–Crippen LogP) is 3.98. The van der Waals surface area contributed by atoms with E-state index >= 15 is 0 Å². The highest BCUT2D eigenvalue weighted by atomic mass is 32.2. The smallest absolute Gasteiger partial charge is 0.250 e. The third-order valence-electron chi connectivity index (χ3n) is 5.26. The number of anilines is 1. The number of hydrogen-bond donors (Lipinski definition) is 1. The molecule has 0 spiro atoms. The molecule has 0 radical (unpaired) electrons. The summed E-state index contributed by atoms with van der Waals surface area (Å²) < 4.78 is 5.58. The van der Waals surface area contributed by atoms with Crippen LogP contribution in [0.15, 0.2) is 34.5 Å². The molecule has 2 heterocycles. The van der Waals surface area contributed by atoms with E-state index in [0.29, 0.717) is 10.9 Å². The van der Waals surface area contributed by atoms with Crippen molar-refractivity contribution in [3.05, 3.63) is 46.8 Å². The maximum Gasteiger partial charge on any atom is 0.250 e. The fourth-order valence-electron chi connectivity index (χ4n) is 3.57. The molecular formula is C23H29N5O2S. The van der Waals surface area contributed by atoms with E-state index in [1.807, 2.05) is 32.0 Å². The molecule has 0 aliphatic carbocycles. The van der Waals surface area contributed by atoms with E-state index < -0.39 is 0 Å². The van der Waals surface area contributed by atoms with E-state index in [2.05, 4.69) is 59.3 Å². The molecule has 1 aliphatic rings. The number of carbonyl (C=O) groups is 1. The summed E-state index contributed by atoms with van der Waals surface area (Å²) in [6, 6.07) is 5.96. The van der Waals surface area contributed by atoms with Crippen molar-refractivity contribution in [1.29, 1.82) is 0 Å². The summed E-state index contributed by atoms with van der Waals surface area (Å²) in [4.78, 5) is 23.1. The first-order chi connectivity index (χ1) is 14.6. The number of ether oxygens (including phenoxy) is 1. The number of aryl methyl sites for hydroxylation is 2. The van der Waals surface area contributed by atoms with Crippen LogP contribution in [0.1, 0.15) is 43.3 Å². The predicted molar refractivity (Wildman–Crippen MR) is 127 cm³/mol. The van der Waals surface area contributed by atoms with Crippen LogP contribution in [0.3, 0.4) is 0 Å². The third-order valence-corrected chi connectivity index (χ3v) is 6.10. The number of aromatic nitrogens is 2. The van der Waals surface area contributed by atoms with Crippen molar-refractivity contribution in [2.75, 3.05) is 24.8 Å². The molecule has 0 unspecified atom stereocenters. The van der Waals surface area contributed by atoms with Crippen LogP contribution in [-0.4, -0.2) is 47.5 Å². The van der Waals surface area contributed by atoms with Gasteiger partial charge in [0.05, 0.1) is 24.6 Å². The minimum absolute atomic E-state index is 0.0805. The number of hydrazone groups is 1. The van der Waals surface area contributed by atoms with Gasteiger partial charge in [0.1, 0.15) is 5.75 Å². The molecule has 0 atom stereocenters. The van der Waals surface area contributed by atoms with Gasteiger partial charge in [-0.05, 0) is 52.3 Å². The monoisotopic (exact) mass is 439 g/mol. The van der Waals surface area contributed by atoms with Crippen molar-refractivity contribution in [1.82, 2.24) is 15.4 Å². The van der Waals surface area contributed by atoms with Gasteiger partial charge < -0.3 is 9.64 Å². The van der Waals surface area contributed by atoms with E-state index in [-0.39, 0.29) is 17.2 Å². The summed E-state index contributed by atoms with van der Waals surface area (Å²) in [7, 11) is 3.71. The van der Waals surface area contributed by atoms with Gasteiger partial charge in [-0.3, -0.25) is 4.79 Å². The average Bonchev–Trinajstić information content (AvgIpc) is 2.69. The first-order valence-electron chi connectivity index (χ1n) is 10.0. The van der Waals surface area contributed by atoms with Crippen LogP contribution in [0.4, 0.5) is 5.69 Å². The first kappa shape index (κ1) is 22.8. The Labute approximate surface area is 188 Å². The highest BCUT2D eigenvalue weighted by molar-refractivity contribution is 7.99. The van der Waals surface area contributed by atoms with Crippen LogP contribution in [0, 0.1) is 13.8 Å². The lowest BCUT2D eigenvalue weighted by Crippen LogP contribution is -2.42. The fraction of sp³-hybridized carbons (Fsp3) is 0.391. The van der Waals surface area contributed by atoms with E-state index in [9.17, 15) is 4.79 Å². The molecule has 0 saturated carbocycles. The highest BCUT2D eigenvalue weighted by Gasteiger charge is 2.29. The number of likely N-dealkylation sites (N-methyl/N-ethyl adjacent to an activating group) is 1. The molecule has 31 heavy (non-hydrogen) atoms. The van der Waals surface area contributed by atoms with Crippen LogP contribution in [0.5, 0.6) is 5.75 Å². The number of hydrogen-bond acceptors (Lipinski definition) is 7. The number of thioether (sulfide) groups is 1. The molecule has 1 N–H and O–H groups in total. The highest BCUT2D eigenvalue weighted by Crippen LogP contribution is 2.40. The van der Waals surface area contributed by atoms with E-state index in [1.165, 1.54) is 17.3 Å². The van der Waals surface area contributed by atoms with Crippen molar-refractivity contribution in [2.45, 2.75) is 45.3 Å². The van der Waals surface area contributed by atoms with Gasteiger partial charge in [-0.15, -0.1) is 0 Å². The molecule has 8 heteroatoms. The zero-order valence-electron chi connectivity index (χ0n) is 19.1.